The number of nitrogens with zero attached hydrogens (tertiary/aromatic N) is 1. The number of rotatable bonds is 6. The number of nitrogens with one attached hydrogen (secondary N) is 1. The molecule has 0 aliphatic heterocycles. The number of anilines is 1. The third-order valence-corrected chi connectivity index (χ3v) is 4.37. The van der Waals surface area contributed by atoms with E-state index in [-0.39, 0.29) is 12.3 Å². The van der Waals surface area contributed by atoms with Crippen molar-refractivity contribution in [1.29, 1.82) is 0 Å². The number of aromatic nitrogens is 1. The summed E-state index contributed by atoms with van der Waals surface area (Å²) in [7, 11) is 0. The molecule has 0 atom stereocenters. The first-order chi connectivity index (χ1) is 10.9. The quantitative estimate of drug-likeness (QED) is 0.777. The Morgan fingerprint density at radius 3 is 2.70 bits per heavy atom. The van der Waals surface area contributed by atoms with E-state index in [1.807, 2.05) is 12.1 Å². The van der Waals surface area contributed by atoms with Crippen LogP contribution in [0.25, 0.3) is 6.08 Å². The SMILES string of the molecule is Cc1nc(NC(=O)/C=C/c2ccc(Cl)cc2)sc1CCC(=O)O. The van der Waals surface area contributed by atoms with Crippen LogP contribution in [-0.2, 0) is 16.0 Å². The van der Waals surface area contributed by atoms with E-state index < -0.39 is 5.97 Å². The second-order valence-electron chi connectivity index (χ2n) is 4.80. The Balaban J connectivity index is 1.96. The summed E-state index contributed by atoms with van der Waals surface area (Å²) in [6, 6.07) is 7.11. The largest absolute Gasteiger partial charge is 0.481 e. The van der Waals surface area contributed by atoms with Gasteiger partial charge in [-0.1, -0.05) is 23.7 Å². The fourth-order valence-electron chi connectivity index (χ4n) is 1.83. The molecule has 1 amide bonds. The van der Waals surface area contributed by atoms with Gasteiger partial charge in [-0.3, -0.25) is 14.9 Å². The second kappa shape index (κ2) is 7.89. The molecule has 0 saturated heterocycles. The van der Waals surface area contributed by atoms with Crippen LogP contribution in [0.3, 0.4) is 0 Å². The highest BCUT2D eigenvalue weighted by molar-refractivity contribution is 7.15. The average Bonchev–Trinajstić information content (AvgIpc) is 2.84. The maximum atomic E-state index is 11.9. The first kappa shape index (κ1) is 17.2. The molecule has 0 aliphatic rings. The van der Waals surface area contributed by atoms with Gasteiger partial charge in [0.2, 0.25) is 5.91 Å². The van der Waals surface area contributed by atoms with Crippen LogP contribution in [0.2, 0.25) is 5.02 Å². The van der Waals surface area contributed by atoms with Crippen LogP contribution >= 0.6 is 22.9 Å². The van der Waals surface area contributed by atoms with Gasteiger partial charge >= 0.3 is 5.97 Å². The lowest BCUT2D eigenvalue weighted by molar-refractivity contribution is -0.136. The number of aryl methyl sites for hydroxylation is 2. The first-order valence-electron chi connectivity index (χ1n) is 6.87. The Labute approximate surface area is 142 Å². The monoisotopic (exact) mass is 350 g/mol. The summed E-state index contributed by atoms with van der Waals surface area (Å²) in [6.07, 6.45) is 3.55. The summed E-state index contributed by atoms with van der Waals surface area (Å²) in [5, 5.41) is 12.5. The summed E-state index contributed by atoms with van der Waals surface area (Å²) < 4.78 is 0. The molecule has 23 heavy (non-hydrogen) atoms. The van der Waals surface area contributed by atoms with Crippen LogP contribution in [-0.4, -0.2) is 22.0 Å². The summed E-state index contributed by atoms with van der Waals surface area (Å²) in [6.45, 7) is 1.80. The minimum absolute atomic E-state index is 0.0485. The minimum Gasteiger partial charge on any atom is -0.481 e. The van der Waals surface area contributed by atoms with E-state index in [9.17, 15) is 9.59 Å². The predicted molar refractivity (Wildman–Crippen MR) is 91.9 cm³/mol. The zero-order valence-electron chi connectivity index (χ0n) is 12.4. The topological polar surface area (TPSA) is 79.3 Å². The van der Waals surface area contributed by atoms with Gasteiger partial charge < -0.3 is 5.11 Å². The van der Waals surface area contributed by atoms with Gasteiger partial charge in [-0.15, -0.1) is 11.3 Å². The maximum Gasteiger partial charge on any atom is 0.303 e. The number of amides is 1. The molecular weight excluding hydrogens is 336 g/mol. The van der Waals surface area contributed by atoms with Gasteiger partial charge in [0.25, 0.3) is 0 Å². The number of halogens is 1. The number of carboxylic acids is 1. The van der Waals surface area contributed by atoms with E-state index >= 15 is 0 Å². The molecule has 0 aliphatic carbocycles. The molecule has 5 nitrogen and oxygen atoms in total. The number of hydrogen-bond donors (Lipinski definition) is 2. The molecule has 7 heteroatoms. The van der Waals surface area contributed by atoms with Crippen LogP contribution in [0.15, 0.2) is 30.3 Å². The average molecular weight is 351 g/mol. The van der Waals surface area contributed by atoms with Crippen LogP contribution < -0.4 is 5.32 Å². The maximum absolute atomic E-state index is 11.9. The summed E-state index contributed by atoms with van der Waals surface area (Å²) in [4.78, 5) is 27.6. The highest BCUT2D eigenvalue weighted by Crippen LogP contribution is 2.24. The van der Waals surface area contributed by atoms with E-state index in [4.69, 9.17) is 16.7 Å². The van der Waals surface area contributed by atoms with Gasteiger partial charge in [-0.05, 0) is 37.1 Å². The van der Waals surface area contributed by atoms with Crippen molar-refractivity contribution in [3.05, 3.63) is 51.5 Å². The van der Waals surface area contributed by atoms with Crippen LogP contribution in [0.1, 0.15) is 22.6 Å². The zero-order valence-corrected chi connectivity index (χ0v) is 13.9. The van der Waals surface area contributed by atoms with Crippen LogP contribution in [0.5, 0.6) is 0 Å². The molecule has 1 aromatic heterocycles. The van der Waals surface area contributed by atoms with Crippen molar-refractivity contribution >= 4 is 46.0 Å². The molecule has 2 rings (SSSR count). The van der Waals surface area contributed by atoms with Crippen molar-refractivity contribution in [2.24, 2.45) is 0 Å². The van der Waals surface area contributed by atoms with Gasteiger partial charge in [0.05, 0.1) is 12.1 Å². The third-order valence-electron chi connectivity index (χ3n) is 2.99. The van der Waals surface area contributed by atoms with E-state index in [2.05, 4.69) is 10.3 Å². The van der Waals surface area contributed by atoms with Gasteiger partial charge in [0, 0.05) is 16.0 Å². The van der Waals surface area contributed by atoms with Gasteiger partial charge in [0.15, 0.2) is 5.13 Å². The highest BCUT2D eigenvalue weighted by atomic mass is 35.5. The molecular formula is C16H15ClN2O3S. The van der Waals surface area contributed by atoms with Crippen molar-refractivity contribution in [1.82, 2.24) is 4.98 Å². The number of benzene rings is 1. The third kappa shape index (κ3) is 5.50. The molecule has 2 N–H and O–H groups in total. The Morgan fingerprint density at radius 2 is 2.04 bits per heavy atom. The van der Waals surface area contributed by atoms with Crippen molar-refractivity contribution in [3.63, 3.8) is 0 Å². The molecule has 0 radical (unpaired) electrons. The molecule has 1 heterocycles. The molecule has 120 valence electrons. The first-order valence-corrected chi connectivity index (χ1v) is 8.06. The molecule has 0 bridgehead atoms. The van der Waals surface area contributed by atoms with E-state index in [0.717, 1.165) is 16.1 Å². The number of carbonyl (C=O) groups is 2. The zero-order chi connectivity index (χ0) is 16.8. The minimum atomic E-state index is -0.853. The number of aliphatic carboxylic acids is 1. The van der Waals surface area contributed by atoms with Crippen LogP contribution in [0, 0.1) is 6.92 Å². The summed E-state index contributed by atoms with van der Waals surface area (Å²) >= 11 is 7.09. The van der Waals surface area contributed by atoms with E-state index in [1.165, 1.54) is 17.4 Å². The molecule has 1 aromatic carbocycles. The molecule has 0 fully saturated rings. The van der Waals surface area contributed by atoms with E-state index in [0.29, 0.717) is 16.6 Å². The van der Waals surface area contributed by atoms with Crippen molar-refractivity contribution in [2.75, 3.05) is 5.32 Å². The van der Waals surface area contributed by atoms with Gasteiger partial charge in [-0.25, -0.2) is 4.98 Å². The second-order valence-corrected chi connectivity index (χ2v) is 6.32. The van der Waals surface area contributed by atoms with Crippen molar-refractivity contribution < 1.29 is 14.7 Å². The highest BCUT2D eigenvalue weighted by Gasteiger charge is 2.10. The Morgan fingerprint density at radius 1 is 1.35 bits per heavy atom. The summed E-state index contributed by atoms with van der Waals surface area (Å²) in [5.74, 6) is -1.15. The lowest BCUT2D eigenvalue weighted by atomic mass is 10.2. The molecule has 0 unspecified atom stereocenters. The lowest BCUT2D eigenvalue weighted by Crippen LogP contribution is -2.07. The molecule has 2 aromatic rings. The predicted octanol–water partition coefficient (Wildman–Crippen LogP) is 3.77. The fraction of sp³-hybridized carbons (Fsp3) is 0.188. The number of carbonyl (C=O) groups excluding carboxylic acids is 1. The summed E-state index contributed by atoms with van der Waals surface area (Å²) in [5.41, 5.74) is 1.61. The molecule has 0 spiro atoms. The Hall–Kier alpha value is -2.18. The number of thiazole rings is 1. The lowest BCUT2D eigenvalue weighted by Gasteiger charge is -1.96. The smallest absolute Gasteiger partial charge is 0.303 e. The Bertz CT molecular complexity index is 738. The van der Waals surface area contributed by atoms with Gasteiger partial charge in [-0.2, -0.15) is 0 Å². The molecule has 0 saturated carbocycles. The number of hydrogen-bond acceptors (Lipinski definition) is 4. The van der Waals surface area contributed by atoms with Crippen molar-refractivity contribution in [2.45, 2.75) is 19.8 Å². The fourth-order valence-corrected chi connectivity index (χ4v) is 2.92. The van der Waals surface area contributed by atoms with Gasteiger partial charge in [0.1, 0.15) is 0 Å². The van der Waals surface area contributed by atoms with Crippen LogP contribution in [0.4, 0.5) is 5.13 Å². The standard InChI is InChI=1S/C16H15ClN2O3S/c1-10-13(7-9-15(21)22)23-16(18-10)19-14(20)8-4-11-2-5-12(17)6-3-11/h2-6,8H,7,9H2,1H3,(H,21,22)(H,18,19,20)/b8-4+. The Kier molecular flexibility index (Phi) is 5.90. The normalized spacial score (nSPS) is 10.9. The van der Waals surface area contributed by atoms with E-state index in [1.54, 1.807) is 25.1 Å². The van der Waals surface area contributed by atoms with Crippen molar-refractivity contribution in [3.8, 4) is 0 Å². The number of carboxylic acid groups (broad SMARTS) is 1.